The second kappa shape index (κ2) is 6.60. The number of nitrogens with one attached hydrogen (secondary N) is 1. The van der Waals surface area contributed by atoms with E-state index < -0.39 is 10.0 Å². The van der Waals surface area contributed by atoms with Crippen LogP contribution in [0, 0.1) is 5.92 Å². The van der Waals surface area contributed by atoms with Crippen molar-refractivity contribution in [1.29, 1.82) is 0 Å². The van der Waals surface area contributed by atoms with Gasteiger partial charge in [0, 0.05) is 38.4 Å². The van der Waals surface area contributed by atoms with Crippen LogP contribution in [-0.2, 0) is 10.0 Å². The number of methoxy groups -OCH3 is 1. The van der Waals surface area contributed by atoms with Gasteiger partial charge in [-0.1, -0.05) is 6.07 Å². The zero-order valence-electron chi connectivity index (χ0n) is 13.9. The minimum Gasteiger partial charge on any atom is -0.497 e. The van der Waals surface area contributed by atoms with Gasteiger partial charge in [-0.3, -0.25) is 0 Å². The topological polar surface area (TPSA) is 79.0 Å². The molecule has 2 heterocycles. The molecule has 2 atom stereocenters. The van der Waals surface area contributed by atoms with Gasteiger partial charge in [0.25, 0.3) is 0 Å². The average molecular weight is 353 g/mol. The van der Waals surface area contributed by atoms with Crippen LogP contribution in [0.2, 0.25) is 0 Å². The molecule has 0 radical (unpaired) electrons. The molecule has 1 aromatic rings. The standard InChI is InChI=1S/C16H23N3O4S/c1-18-11-12-6-8-19(9-7-15(12)24(18,21)22)16(20)17-13-4-3-5-14(10-13)23-2/h3-5,10,12,15H,6-9,11H2,1-2H3,(H,17,20)/t12-,15-/m0/s1. The van der Waals surface area contributed by atoms with E-state index in [0.717, 1.165) is 0 Å². The average Bonchev–Trinajstić information content (AvgIpc) is 2.71. The summed E-state index contributed by atoms with van der Waals surface area (Å²) in [5.74, 6) is 0.780. The molecule has 2 saturated heterocycles. The fourth-order valence-corrected chi connectivity index (χ4v) is 5.48. The van der Waals surface area contributed by atoms with E-state index in [1.54, 1.807) is 31.2 Å². The van der Waals surface area contributed by atoms with Crippen molar-refractivity contribution >= 4 is 21.7 Å². The fourth-order valence-electron chi connectivity index (χ4n) is 3.51. The highest BCUT2D eigenvalue weighted by Crippen LogP contribution is 2.33. The number of anilines is 1. The van der Waals surface area contributed by atoms with Crippen LogP contribution < -0.4 is 10.1 Å². The zero-order valence-corrected chi connectivity index (χ0v) is 14.8. The summed E-state index contributed by atoms with van der Waals surface area (Å²) in [5.41, 5.74) is 0.663. The van der Waals surface area contributed by atoms with Crippen molar-refractivity contribution in [3.05, 3.63) is 24.3 Å². The van der Waals surface area contributed by atoms with Gasteiger partial charge in [-0.05, 0) is 30.9 Å². The summed E-state index contributed by atoms with van der Waals surface area (Å²) in [6.45, 7) is 1.57. The third-order valence-electron chi connectivity index (χ3n) is 4.90. The van der Waals surface area contributed by atoms with Crippen molar-refractivity contribution in [2.45, 2.75) is 18.1 Å². The second-order valence-corrected chi connectivity index (χ2v) is 8.61. The summed E-state index contributed by atoms with van der Waals surface area (Å²) < 4.78 is 31.2. The summed E-state index contributed by atoms with van der Waals surface area (Å²) in [5, 5.41) is 2.49. The van der Waals surface area contributed by atoms with Gasteiger partial charge in [-0.15, -0.1) is 0 Å². The Bertz CT molecular complexity index is 722. The molecule has 1 N–H and O–H groups in total. The third-order valence-corrected chi connectivity index (χ3v) is 7.30. The van der Waals surface area contributed by atoms with Crippen LogP contribution in [0.5, 0.6) is 5.75 Å². The van der Waals surface area contributed by atoms with Gasteiger partial charge in [-0.2, -0.15) is 0 Å². The Morgan fingerprint density at radius 1 is 1.29 bits per heavy atom. The number of urea groups is 1. The first-order valence-corrected chi connectivity index (χ1v) is 9.57. The van der Waals surface area contributed by atoms with Gasteiger partial charge in [-0.25, -0.2) is 17.5 Å². The minimum absolute atomic E-state index is 0.106. The van der Waals surface area contributed by atoms with E-state index in [0.29, 0.717) is 43.9 Å². The SMILES string of the molecule is COc1cccc(NC(=O)N2CC[C@H]3CN(C)S(=O)(=O)[C@H]3CC2)c1. The smallest absolute Gasteiger partial charge is 0.321 e. The van der Waals surface area contributed by atoms with Crippen LogP contribution in [0.25, 0.3) is 0 Å². The number of likely N-dealkylation sites (tertiary alicyclic amines) is 1. The summed E-state index contributed by atoms with van der Waals surface area (Å²) in [7, 11) is 0.00366. The predicted octanol–water partition coefficient (Wildman–Crippen LogP) is 1.58. The monoisotopic (exact) mass is 353 g/mol. The number of hydrogen-bond donors (Lipinski definition) is 1. The highest BCUT2D eigenvalue weighted by molar-refractivity contribution is 7.90. The van der Waals surface area contributed by atoms with Crippen LogP contribution in [0.15, 0.2) is 24.3 Å². The number of sulfonamides is 1. The van der Waals surface area contributed by atoms with Crippen molar-refractivity contribution in [2.24, 2.45) is 5.92 Å². The normalized spacial score (nSPS) is 26.5. The Morgan fingerprint density at radius 2 is 2.04 bits per heavy atom. The summed E-state index contributed by atoms with van der Waals surface area (Å²) in [6, 6.07) is 6.97. The number of amides is 2. The van der Waals surface area contributed by atoms with Gasteiger partial charge < -0.3 is 15.0 Å². The lowest BCUT2D eigenvalue weighted by Gasteiger charge is -2.22. The molecule has 2 amide bonds. The van der Waals surface area contributed by atoms with Crippen molar-refractivity contribution < 1.29 is 17.9 Å². The molecule has 1 aromatic carbocycles. The van der Waals surface area contributed by atoms with Crippen LogP contribution in [0.3, 0.4) is 0 Å². The molecule has 0 bridgehead atoms. The molecule has 24 heavy (non-hydrogen) atoms. The van der Waals surface area contributed by atoms with Crippen molar-refractivity contribution in [1.82, 2.24) is 9.21 Å². The number of benzene rings is 1. The Morgan fingerprint density at radius 3 is 2.79 bits per heavy atom. The number of carbonyl (C=O) groups excluding carboxylic acids is 1. The van der Waals surface area contributed by atoms with Crippen molar-refractivity contribution in [3.63, 3.8) is 0 Å². The molecule has 0 spiro atoms. The van der Waals surface area contributed by atoms with Gasteiger partial charge >= 0.3 is 6.03 Å². The van der Waals surface area contributed by atoms with Gasteiger partial charge in [0.1, 0.15) is 5.75 Å². The lowest BCUT2D eigenvalue weighted by Crippen LogP contribution is -2.37. The van der Waals surface area contributed by atoms with E-state index in [1.165, 1.54) is 4.31 Å². The maximum Gasteiger partial charge on any atom is 0.321 e. The van der Waals surface area contributed by atoms with Crippen molar-refractivity contribution in [3.8, 4) is 5.75 Å². The van der Waals surface area contributed by atoms with E-state index in [-0.39, 0.29) is 17.2 Å². The Balaban J connectivity index is 1.65. The predicted molar refractivity (Wildman–Crippen MR) is 91.6 cm³/mol. The molecule has 8 heteroatoms. The van der Waals surface area contributed by atoms with Crippen molar-refractivity contribution in [2.75, 3.05) is 39.1 Å². The maximum absolute atomic E-state index is 12.5. The molecule has 2 aliphatic heterocycles. The maximum atomic E-state index is 12.5. The van der Waals surface area contributed by atoms with Crippen LogP contribution in [0.1, 0.15) is 12.8 Å². The molecular weight excluding hydrogens is 330 g/mol. The summed E-state index contributed by atoms with van der Waals surface area (Å²) in [6.07, 6.45) is 1.20. The molecular formula is C16H23N3O4S. The molecule has 3 rings (SSSR count). The van der Waals surface area contributed by atoms with Crippen LogP contribution in [0.4, 0.5) is 10.5 Å². The number of carbonyl (C=O) groups is 1. The molecule has 0 aromatic heterocycles. The number of rotatable bonds is 2. The minimum atomic E-state index is -3.21. The number of hydrogen-bond acceptors (Lipinski definition) is 4. The number of fused-ring (bicyclic) bond motifs is 1. The number of ether oxygens (including phenoxy) is 1. The van der Waals surface area contributed by atoms with Crippen LogP contribution >= 0.6 is 0 Å². The molecule has 0 unspecified atom stereocenters. The molecule has 7 nitrogen and oxygen atoms in total. The quantitative estimate of drug-likeness (QED) is 0.876. The molecule has 2 fully saturated rings. The van der Waals surface area contributed by atoms with E-state index in [9.17, 15) is 13.2 Å². The lowest BCUT2D eigenvalue weighted by molar-refractivity contribution is 0.212. The molecule has 0 saturated carbocycles. The largest absolute Gasteiger partial charge is 0.497 e. The van der Waals surface area contributed by atoms with Gasteiger partial charge in [0.15, 0.2) is 0 Å². The Labute approximate surface area is 142 Å². The zero-order chi connectivity index (χ0) is 17.3. The Hall–Kier alpha value is -1.80. The van der Waals surface area contributed by atoms with Gasteiger partial charge in [0.2, 0.25) is 10.0 Å². The third kappa shape index (κ3) is 3.21. The Kier molecular flexibility index (Phi) is 4.69. The highest BCUT2D eigenvalue weighted by atomic mass is 32.2. The van der Waals surface area contributed by atoms with E-state index in [1.807, 2.05) is 12.1 Å². The van der Waals surface area contributed by atoms with Gasteiger partial charge in [0.05, 0.1) is 12.4 Å². The summed E-state index contributed by atoms with van der Waals surface area (Å²) >= 11 is 0. The first-order valence-electron chi connectivity index (χ1n) is 8.07. The lowest BCUT2D eigenvalue weighted by atomic mass is 10.0. The van der Waals surface area contributed by atoms with E-state index in [4.69, 9.17) is 4.74 Å². The highest BCUT2D eigenvalue weighted by Gasteiger charge is 2.45. The summed E-state index contributed by atoms with van der Waals surface area (Å²) in [4.78, 5) is 14.2. The molecule has 2 aliphatic rings. The first kappa shape index (κ1) is 17.0. The molecule has 132 valence electrons. The second-order valence-electron chi connectivity index (χ2n) is 6.35. The fraction of sp³-hybridized carbons (Fsp3) is 0.562. The van der Waals surface area contributed by atoms with E-state index in [2.05, 4.69) is 5.32 Å². The number of nitrogens with zero attached hydrogens (tertiary/aromatic N) is 2. The van der Waals surface area contributed by atoms with Crippen LogP contribution in [-0.4, -0.2) is 62.7 Å². The molecule has 0 aliphatic carbocycles. The first-order chi connectivity index (χ1) is 11.4. The van der Waals surface area contributed by atoms with E-state index >= 15 is 0 Å².